The number of hydrogen-bond acceptors (Lipinski definition) is 5. The van der Waals surface area contributed by atoms with E-state index < -0.39 is 0 Å². The Hall–Kier alpha value is -1.14. The molecule has 0 aromatic rings. The average molecular weight is 331 g/mol. The van der Waals surface area contributed by atoms with Crippen LogP contribution < -0.4 is 0 Å². The molecule has 3 heterocycles. The van der Waals surface area contributed by atoms with E-state index in [1.54, 1.807) is 5.57 Å². The molecule has 5 heteroatoms. The molecule has 1 saturated heterocycles. The Labute approximate surface area is 144 Å². The minimum atomic E-state index is 0.211. The monoisotopic (exact) mass is 331 g/mol. The van der Waals surface area contributed by atoms with Gasteiger partial charge in [-0.15, -0.1) is 0 Å². The van der Waals surface area contributed by atoms with Gasteiger partial charge in [-0.1, -0.05) is 6.08 Å². The van der Waals surface area contributed by atoms with E-state index in [1.807, 2.05) is 0 Å². The molecule has 4 aliphatic rings. The van der Waals surface area contributed by atoms with Gasteiger partial charge in [0.2, 0.25) is 0 Å². The second-order valence-corrected chi connectivity index (χ2v) is 7.44. The topological polar surface area (TPSA) is 50.2 Å². The van der Waals surface area contributed by atoms with Gasteiger partial charge in [0.1, 0.15) is 0 Å². The third-order valence-electron chi connectivity index (χ3n) is 6.13. The zero-order valence-corrected chi connectivity index (χ0v) is 14.6. The summed E-state index contributed by atoms with van der Waals surface area (Å²) in [6.45, 7) is 6.07. The summed E-state index contributed by atoms with van der Waals surface area (Å²) in [4.78, 5) is 7.41. The van der Waals surface area contributed by atoms with Gasteiger partial charge in [-0.2, -0.15) is 0 Å². The number of nitrogens with zero attached hydrogens (tertiary/aromatic N) is 3. The van der Waals surface area contributed by atoms with Crippen molar-refractivity contribution in [3.05, 3.63) is 35.2 Å². The Bertz CT molecular complexity index is 583. The third-order valence-corrected chi connectivity index (χ3v) is 6.13. The van der Waals surface area contributed by atoms with Gasteiger partial charge in [-0.05, 0) is 43.4 Å². The van der Waals surface area contributed by atoms with E-state index in [0.29, 0.717) is 18.1 Å². The van der Waals surface area contributed by atoms with Gasteiger partial charge in [-0.25, -0.2) is 0 Å². The Morgan fingerprint density at radius 2 is 1.88 bits per heavy atom. The first-order valence-corrected chi connectivity index (χ1v) is 9.29. The first kappa shape index (κ1) is 16.3. The normalized spacial score (nSPS) is 33.4. The summed E-state index contributed by atoms with van der Waals surface area (Å²) in [6.07, 6.45) is 10.4. The zero-order valence-electron chi connectivity index (χ0n) is 14.6. The van der Waals surface area contributed by atoms with Crippen molar-refractivity contribution < 1.29 is 10.2 Å². The molecule has 0 spiro atoms. The maximum Gasteiger partial charge on any atom is 0.0558 e. The van der Waals surface area contributed by atoms with Crippen LogP contribution in [0.5, 0.6) is 0 Å². The van der Waals surface area contributed by atoms with Crippen molar-refractivity contribution in [1.82, 2.24) is 14.7 Å². The molecule has 0 bridgehead atoms. The van der Waals surface area contributed by atoms with Crippen LogP contribution in [0.3, 0.4) is 0 Å². The molecule has 0 amide bonds. The molecular weight excluding hydrogens is 302 g/mol. The van der Waals surface area contributed by atoms with E-state index in [9.17, 15) is 10.2 Å². The standard InChI is InChI=1S/C19H29N3O2/c1-14-13-22-16-5-3-2-4-15(16)12-17(22)19-18(14)20(8-10-23)6-7-21(19)9-11-24/h3,5,13,17-19,23-24H,2,4,6-12H2,1H3/t17-,18+,19-/m0/s1. The SMILES string of the molecule is CC1=CN2C3=C(CCC=C3)C[C@H]2[C@H]2[C@@H]1N(CCO)CCN2CCO. The summed E-state index contributed by atoms with van der Waals surface area (Å²) in [5, 5.41) is 19.0. The molecule has 3 aliphatic heterocycles. The molecule has 0 aromatic carbocycles. The summed E-state index contributed by atoms with van der Waals surface area (Å²) in [5.41, 5.74) is 4.38. The molecule has 2 N–H and O–H groups in total. The highest BCUT2D eigenvalue weighted by Crippen LogP contribution is 2.43. The molecule has 0 radical (unpaired) electrons. The van der Waals surface area contributed by atoms with E-state index in [1.165, 1.54) is 17.7 Å². The van der Waals surface area contributed by atoms with Gasteiger partial charge < -0.3 is 15.1 Å². The fraction of sp³-hybridized carbons (Fsp3) is 0.684. The van der Waals surface area contributed by atoms with E-state index >= 15 is 0 Å². The van der Waals surface area contributed by atoms with Crippen molar-refractivity contribution in [1.29, 1.82) is 0 Å². The third kappa shape index (κ3) is 2.54. The van der Waals surface area contributed by atoms with E-state index in [2.05, 4.69) is 40.0 Å². The zero-order chi connectivity index (χ0) is 16.7. The molecule has 0 aromatic heterocycles. The summed E-state index contributed by atoms with van der Waals surface area (Å²) in [6, 6.07) is 1.20. The van der Waals surface area contributed by atoms with Gasteiger partial charge in [0.25, 0.3) is 0 Å². The fourth-order valence-corrected chi connectivity index (χ4v) is 5.19. The highest BCUT2D eigenvalue weighted by molar-refractivity contribution is 5.40. The van der Waals surface area contributed by atoms with E-state index in [0.717, 1.165) is 39.0 Å². The Kier molecular flexibility index (Phi) is 4.52. The molecule has 1 aliphatic carbocycles. The van der Waals surface area contributed by atoms with Crippen molar-refractivity contribution in [2.75, 3.05) is 39.4 Å². The fourth-order valence-electron chi connectivity index (χ4n) is 5.19. The summed E-state index contributed by atoms with van der Waals surface area (Å²) < 4.78 is 0. The molecule has 132 valence electrons. The van der Waals surface area contributed by atoms with Crippen molar-refractivity contribution in [2.45, 2.75) is 44.3 Å². The molecule has 0 unspecified atom stereocenters. The van der Waals surface area contributed by atoms with Crippen LogP contribution in [-0.4, -0.2) is 82.4 Å². The number of aliphatic hydroxyl groups is 2. The van der Waals surface area contributed by atoms with Crippen LogP contribution in [0, 0.1) is 0 Å². The van der Waals surface area contributed by atoms with Crippen LogP contribution in [0.4, 0.5) is 0 Å². The van der Waals surface area contributed by atoms with Crippen molar-refractivity contribution in [3.8, 4) is 0 Å². The average Bonchev–Trinajstić information content (AvgIpc) is 2.95. The van der Waals surface area contributed by atoms with E-state index in [-0.39, 0.29) is 13.2 Å². The minimum absolute atomic E-state index is 0.211. The summed E-state index contributed by atoms with van der Waals surface area (Å²) in [5.74, 6) is 0. The number of rotatable bonds is 4. The number of piperazine rings is 1. The number of aliphatic hydroxyl groups excluding tert-OH is 2. The number of fused-ring (bicyclic) bond motifs is 4. The maximum absolute atomic E-state index is 9.55. The molecule has 4 rings (SSSR count). The highest BCUT2D eigenvalue weighted by Gasteiger charge is 2.48. The molecule has 0 saturated carbocycles. The predicted molar refractivity (Wildman–Crippen MR) is 94.3 cm³/mol. The summed E-state index contributed by atoms with van der Waals surface area (Å²) in [7, 11) is 0. The van der Waals surface area contributed by atoms with Gasteiger partial charge >= 0.3 is 0 Å². The van der Waals surface area contributed by atoms with Gasteiger partial charge in [0.15, 0.2) is 0 Å². The predicted octanol–water partition coefficient (Wildman–Crippen LogP) is 0.922. The first-order chi connectivity index (χ1) is 11.7. The first-order valence-electron chi connectivity index (χ1n) is 9.29. The molecule has 3 atom stereocenters. The minimum Gasteiger partial charge on any atom is -0.395 e. The van der Waals surface area contributed by atoms with Crippen LogP contribution in [0.1, 0.15) is 26.2 Å². The molecular formula is C19H29N3O2. The second kappa shape index (κ2) is 6.64. The molecule has 24 heavy (non-hydrogen) atoms. The number of hydrogen-bond donors (Lipinski definition) is 2. The Balaban J connectivity index is 1.69. The van der Waals surface area contributed by atoms with Gasteiger partial charge in [0, 0.05) is 44.1 Å². The van der Waals surface area contributed by atoms with Crippen molar-refractivity contribution in [2.24, 2.45) is 0 Å². The molecule has 5 nitrogen and oxygen atoms in total. The smallest absolute Gasteiger partial charge is 0.0558 e. The Morgan fingerprint density at radius 1 is 1.12 bits per heavy atom. The van der Waals surface area contributed by atoms with Gasteiger partial charge in [0.05, 0.1) is 25.3 Å². The molecule has 1 fully saturated rings. The lowest BCUT2D eigenvalue weighted by Gasteiger charge is -2.54. The quantitative estimate of drug-likeness (QED) is 0.802. The van der Waals surface area contributed by atoms with Crippen LogP contribution >= 0.6 is 0 Å². The lowest BCUT2D eigenvalue weighted by molar-refractivity contribution is -0.0175. The lowest BCUT2D eigenvalue weighted by atomic mass is 9.84. The van der Waals surface area contributed by atoms with Crippen molar-refractivity contribution >= 4 is 0 Å². The number of allylic oxidation sites excluding steroid dienone is 2. The maximum atomic E-state index is 9.55. The van der Waals surface area contributed by atoms with Crippen LogP contribution in [0.25, 0.3) is 0 Å². The highest BCUT2D eigenvalue weighted by atomic mass is 16.3. The largest absolute Gasteiger partial charge is 0.395 e. The van der Waals surface area contributed by atoms with Crippen LogP contribution in [0.15, 0.2) is 35.2 Å². The lowest BCUT2D eigenvalue weighted by Crippen LogP contribution is -2.67. The van der Waals surface area contributed by atoms with Crippen molar-refractivity contribution in [3.63, 3.8) is 0 Å². The van der Waals surface area contributed by atoms with E-state index in [4.69, 9.17) is 0 Å². The second-order valence-electron chi connectivity index (χ2n) is 7.44. The summed E-state index contributed by atoms with van der Waals surface area (Å²) >= 11 is 0. The number of β-amino-alcohol motifs (C(OH)–C–C–N with tert-alkyl or cyclic N) is 2. The van der Waals surface area contributed by atoms with Crippen LogP contribution in [0.2, 0.25) is 0 Å². The van der Waals surface area contributed by atoms with Crippen LogP contribution in [-0.2, 0) is 0 Å². The van der Waals surface area contributed by atoms with Gasteiger partial charge in [-0.3, -0.25) is 9.80 Å². The Morgan fingerprint density at radius 3 is 2.67 bits per heavy atom.